The van der Waals surface area contributed by atoms with Crippen molar-refractivity contribution in [2.24, 2.45) is 0 Å². The molecule has 2 aromatic carbocycles. The third kappa shape index (κ3) is 1.45. The molecule has 1 fully saturated rings. The molecular formula is C16H18N2. The highest BCUT2D eigenvalue weighted by atomic mass is 15.2. The Morgan fingerprint density at radius 1 is 0.889 bits per heavy atom. The van der Waals surface area contributed by atoms with Crippen molar-refractivity contribution in [2.75, 3.05) is 31.1 Å². The highest BCUT2D eigenvalue weighted by molar-refractivity contribution is 5.99. The summed E-state index contributed by atoms with van der Waals surface area (Å²) in [6, 6.07) is 11.5. The lowest BCUT2D eigenvalue weighted by Crippen LogP contribution is -2.43. The second-order valence-electron chi connectivity index (χ2n) is 5.32. The highest BCUT2D eigenvalue weighted by Gasteiger charge is 2.19. The Hall–Kier alpha value is -1.54. The second-order valence-corrected chi connectivity index (χ2v) is 5.32. The van der Waals surface area contributed by atoms with Gasteiger partial charge in [-0.1, -0.05) is 24.3 Å². The van der Waals surface area contributed by atoms with Crippen LogP contribution in [0.5, 0.6) is 0 Å². The summed E-state index contributed by atoms with van der Waals surface area (Å²) in [7, 11) is 0. The average Bonchev–Trinajstić information content (AvgIpc) is 2.86. The maximum absolute atomic E-state index is 3.43. The largest absolute Gasteiger partial charge is 0.368 e. The van der Waals surface area contributed by atoms with Crippen molar-refractivity contribution in [3.8, 4) is 0 Å². The number of nitrogens with one attached hydrogen (secondary N) is 1. The number of hydrogen-bond acceptors (Lipinski definition) is 2. The van der Waals surface area contributed by atoms with Gasteiger partial charge in [0.15, 0.2) is 0 Å². The van der Waals surface area contributed by atoms with Crippen LogP contribution < -0.4 is 10.2 Å². The van der Waals surface area contributed by atoms with Crippen molar-refractivity contribution in [2.45, 2.75) is 12.8 Å². The molecule has 0 radical (unpaired) electrons. The Balaban J connectivity index is 1.91. The summed E-state index contributed by atoms with van der Waals surface area (Å²) >= 11 is 0. The zero-order chi connectivity index (χ0) is 11.9. The Morgan fingerprint density at radius 2 is 1.67 bits per heavy atom. The molecule has 2 nitrogen and oxygen atoms in total. The number of benzene rings is 2. The molecule has 0 spiro atoms. The molecule has 1 heterocycles. The minimum atomic E-state index is 1.10. The van der Waals surface area contributed by atoms with Gasteiger partial charge >= 0.3 is 0 Å². The van der Waals surface area contributed by atoms with Crippen LogP contribution in [0.4, 0.5) is 5.69 Å². The van der Waals surface area contributed by atoms with Gasteiger partial charge in [0.2, 0.25) is 0 Å². The molecule has 92 valence electrons. The van der Waals surface area contributed by atoms with E-state index in [4.69, 9.17) is 0 Å². The SMILES string of the molecule is c1cc2c3c(ccc(N4CCNCC4)c3c1)CC2. The number of rotatable bonds is 1. The third-order valence-electron chi connectivity index (χ3n) is 4.31. The molecule has 0 bridgehead atoms. The first-order valence-corrected chi connectivity index (χ1v) is 6.92. The normalized spacial score (nSPS) is 18.6. The van der Waals surface area contributed by atoms with E-state index in [0.29, 0.717) is 0 Å². The zero-order valence-corrected chi connectivity index (χ0v) is 10.6. The summed E-state index contributed by atoms with van der Waals surface area (Å²) in [6.07, 6.45) is 2.44. The molecule has 1 saturated heterocycles. The summed E-state index contributed by atoms with van der Waals surface area (Å²) in [5.74, 6) is 0. The van der Waals surface area contributed by atoms with Crippen molar-refractivity contribution in [1.82, 2.24) is 5.32 Å². The molecule has 18 heavy (non-hydrogen) atoms. The minimum absolute atomic E-state index is 1.10. The van der Waals surface area contributed by atoms with E-state index >= 15 is 0 Å². The molecule has 0 aromatic heterocycles. The van der Waals surface area contributed by atoms with Gasteiger partial charge in [-0.3, -0.25) is 0 Å². The van der Waals surface area contributed by atoms with Gasteiger partial charge in [0.25, 0.3) is 0 Å². The predicted molar refractivity (Wildman–Crippen MR) is 76.4 cm³/mol. The van der Waals surface area contributed by atoms with Gasteiger partial charge in [-0.2, -0.15) is 0 Å². The molecule has 0 amide bonds. The number of aryl methyl sites for hydroxylation is 2. The third-order valence-corrected chi connectivity index (χ3v) is 4.31. The maximum atomic E-state index is 3.43. The van der Waals surface area contributed by atoms with Crippen LogP contribution in [0.3, 0.4) is 0 Å². The molecule has 2 aliphatic rings. The van der Waals surface area contributed by atoms with Crippen LogP contribution >= 0.6 is 0 Å². The number of nitrogens with zero attached hydrogens (tertiary/aromatic N) is 1. The Bertz CT molecular complexity index is 587. The van der Waals surface area contributed by atoms with Crippen molar-refractivity contribution >= 4 is 16.5 Å². The van der Waals surface area contributed by atoms with Crippen LogP contribution in [0.2, 0.25) is 0 Å². The van der Waals surface area contributed by atoms with Crippen molar-refractivity contribution in [3.63, 3.8) is 0 Å². The molecule has 1 N–H and O–H groups in total. The van der Waals surface area contributed by atoms with Crippen LogP contribution in [0.25, 0.3) is 10.8 Å². The fourth-order valence-corrected chi connectivity index (χ4v) is 3.41. The van der Waals surface area contributed by atoms with Gasteiger partial charge in [0.1, 0.15) is 0 Å². The van der Waals surface area contributed by atoms with E-state index < -0.39 is 0 Å². The van der Waals surface area contributed by atoms with Crippen molar-refractivity contribution in [1.29, 1.82) is 0 Å². The maximum Gasteiger partial charge on any atom is 0.0447 e. The molecule has 0 unspecified atom stereocenters. The van der Waals surface area contributed by atoms with Gasteiger partial charge in [0, 0.05) is 37.3 Å². The van der Waals surface area contributed by atoms with Crippen LogP contribution in [-0.2, 0) is 12.8 Å². The minimum Gasteiger partial charge on any atom is -0.368 e. The Labute approximate surface area is 108 Å². The second kappa shape index (κ2) is 3.99. The van der Waals surface area contributed by atoms with Crippen LogP contribution in [0, 0.1) is 0 Å². The molecular weight excluding hydrogens is 220 g/mol. The standard InChI is InChI=1S/C16H18N2/c1-2-12-4-5-13-6-7-15(14(3-1)16(12)13)18-10-8-17-9-11-18/h1-3,6-7,17H,4-5,8-11H2. The average molecular weight is 238 g/mol. The van der Waals surface area contributed by atoms with Crippen LogP contribution in [-0.4, -0.2) is 26.2 Å². The lowest BCUT2D eigenvalue weighted by atomic mass is 10.0. The summed E-state index contributed by atoms with van der Waals surface area (Å²) in [6.45, 7) is 4.45. The first kappa shape index (κ1) is 10.4. The number of anilines is 1. The van der Waals surface area contributed by atoms with E-state index in [1.165, 1.54) is 29.3 Å². The number of piperazine rings is 1. The Morgan fingerprint density at radius 3 is 2.50 bits per heavy atom. The first-order chi connectivity index (χ1) is 8.93. The van der Waals surface area contributed by atoms with E-state index in [1.54, 1.807) is 11.1 Å². The van der Waals surface area contributed by atoms with Gasteiger partial charge in [0.05, 0.1) is 0 Å². The fraction of sp³-hybridized carbons (Fsp3) is 0.375. The summed E-state index contributed by atoms with van der Waals surface area (Å²) in [5, 5.41) is 6.42. The van der Waals surface area contributed by atoms with Crippen LogP contribution in [0.15, 0.2) is 30.3 Å². The molecule has 4 rings (SSSR count). The van der Waals surface area contributed by atoms with E-state index in [0.717, 1.165) is 26.2 Å². The van der Waals surface area contributed by atoms with E-state index in [1.807, 2.05) is 0 Å². The Kier molecular flexibility index (Phi) is 2.30. The number of hydrogen-bond donors (Lipinski definition) is 1. The molecule has 0 atom stereocenters. The molecule has 0 saturated carbocycles. The van der Waals surface area contributed by atoms with Crippen molar-refractivity contribution in [3.05, 3.63) is 41.5 Å². The van der Waals surface area contributed by atoms with E-state index in [-0.39, 0.29) is 0 Å². The lowest BCUT2D eigenvalue weighted by molar-refractivity contribution is 0.590. The molecule has 2 heteroatoms. The summed E-state index contributed by atoms with van der Waals surface area (Å²) < 4.78 is 0. The quantitative estimate of drug-likeness (QED) is 0.820. The summed E-state index contributed by atoms with van der Waals surface area (Å²) in [5.41, 5.74) is 4.51. The predicted octanol–water partition coefficient (Wildman–Crippen LogP) is 2.35. The molecule has 1 aliphatic heterocycles. The highest BCUT2D eigenvalue weighted by Crippen LogP contribution is 2.36. The van der Waals surface area contributed by atoms with E-state index in [2.05, 4.69) is 40.5 Å². The van der Waals surface area contributed by atoms with Gasteiger partial charge in [-0.05, 0) is 35.4 Å². The smallest absolute Gasteiger partial charge is 0.0447 e. The monoisotopic (exact) mass is 238 g/mol. The molecule has 2 aromatic rings. The van der Waals surface area contributed by atoms with Gasteiger partial charge in [-0.25, -0.2) is 0 Å². The van der Waals surface area contributed by atoms with Gasteiger partial charge < -0.3 is 10.2 Å². The topological polar surface area (TPSA) is 15.3 Å². The summed E-state index contributed by atoms with van der Waals surface area (Å²) in [4.78, 5) is 2.53. The van der Waals surface area contributed by atoms with Gasteiger partial charge in [-0.15, -0.1) is 0 Å². The zero-order valence-electron chi connectivity index (χ0n) is 10.6. The molecule has 1 aliphatic carbocycles. The van der Waals surface area contributed by atoms with E-state index in [9.17, 15) is 0 Å². The van der Waals surface area contributed by atoms with Crippen LogP contribution in [0.1, 0.15) is 11.1 Å². The first-order valence-electron chi connectivity index (χ1n) is 6.92. The van der Waals surface area contributed by atoms with Crippen molar-refractivity contribution < 1.29 is 0 Å². The lowest BCUT2D eigenvalue weighted by Gasteiger charge is -2.30. The fourth-order valence-electron chi connectivity index (χ4n) is 3.41.